The lowest BCUT2D eigenvalue weighted by Gasteiger charge is -2.11. The second-order valence-electron chi connectivity index (χ2n) is 5.08. The van der Waals surface area contributed by atoms with Crippen LogP contribution in [0, 0.1) is 11.6 Å². The lowest BCUT2D eigenvalue weighted by molar-refractivity contribution is 0.144. The van der Waals surface area contributed by atoms with Crippen molar-refractivity contribution in [3.63, 3.8) is 0 Å². The van der Waals surface area contributed by atoms with Crippen molar-refractivity contribution in [1.82, 2.24) is 10.6 Å². The topological polar surface area (TPSA) is 45.7 Å². The summed E-state index contributed by atoms with van der Waals surface area (Å²) in [6, 6.07) is 3.51. The van der Waals surface area contributed by atoms with Gasteiger partial charge in [0.2, 0.25) is 0 Å². The number of hydrogen-bond acceptors (Lipinski definition) is 2. The fourth-order valence-electron chi connectivity index (χ4n) is 2.04. The number of unbranched alkanes of at least 4 members (excludes halogenated alkanes) is 1. The average molecular weight is 327 g/mol. The summed E-state index contributed by atoms with van der Waals surface area (Å²) >= 11 is 0. The average Bonchev–Trinajstić information content (AvgIpc) is 2.54. The Bertz CT molecular complexity index is 481. The highest BCUT2D eigenvalue weighted by Crippen LogP contribution is 2.09. The van der Waals surface area contributed by atoms with Crippen molar-refractivity contribution in [3.05, 3.63) is 35.4 Å². The number of hydrogen-bond donors (Lipinski definition) is 2. The van der Waals surface area contributed by atoms with Crippen LogP contribution in [0.15, 0.2) is 23.2 Å². The van der Waals surface area contributed by atoms with Crippen LogP contribution in [0.5, 0.6) is 0 Å². The normalized spacial score (nSPS) is 11.6. The van der Waals surface area contributed by atoms with Crippen LogP contribution in [0.25, 0.3) is 0 Å². The van der Waals surface area contributed by atoms with Crippen LogP contribution in [0.3, 0.4) is 0 Å². The van der Waals surface area contributed by atoms with Gasteiger partial charge in [-0.15, -0.1) is 0 Å². The molecule has 1 aromatic rings. The highest BCUT2D eigenvalue weighted by atomic mass is 19.1. The number of rotatable bonds is 10. The zero-order valence-corrected chi connectivity index (χ0v) is 14.0. The molecule has 2 N–H and O–H groups in total. The molecular weight excluding hydrogens is 300 g/mol. The third-order valence-corrected chi connectivity index (χ3v) is 3.21. The first-order chi connectivity index (χ1) is 11.2. The van der Waals surface area contributed by atoms with Gasteiger partial charge in [-0.2, -0.15) is 0 Å². The van der Waals surface area contributed by atoms with Gasteiger partial charge < -0.3 is 15.4 Å². The number of nitrogens with zero attached hydrogens (tertiary/aromatic N) is 1. The third-order valence-electron chi connectivity index (χ3n) is 3.21. The Labute approximate surface area is 137 Å². The van der Waals surface area contributed by atoms with E-state index in [0.29, 0.717) is 31.0 Å². The van der Waals surface area contributed by atoms with Gasteiger partial charge in [0.05, 0.1) is 0 Å². The highest BCUT2D eigenvalue weighted by Gasteiger charge is 2.04. The van der Waals surface area contributed by atoms with Crippen molar-refractivity contribution in [2.75, 3.05) is 32.8 Å². The summed E-state index contributed by atoms with van der Waals surface area (Å²) in [6.45, 7) is 7.41. The molecule has 6 heteroatoms. The van der Waals surface area contributed by atoms with Crippen LogP contribution in [-0.2, 0) is 11.2 Å². The maximum Gasteiger partial charge on any atom is 0.191 e. The SMILES string of the molecule is CCNC(=NCCCCOCC)NCCc1cc(F)ccc1F. The molecule has 0 unspecified atom stereocenters. The van der Waals surface area contributed by atoms with Gasteiger partial charge in [-0.1, -0.05) is 0 Å². The zero-order chi connectivity index (χ0) is 16.9. The molecule has 0 saturated carbocycles. The van der Waals surface area contributed by atoms with Crippen LogP contribution in [0.1, 0.15) is 32.3 Å². The molecule has 0 saturated heterocycles. The molecule has 0 aliphatic heterocycles. The molecule has 1 rings (SSSR count). The van der Waals surface area contributed by atoms with E-state index in [4.69, 9.17) is 4.74 Å². The summed E-state index contributed by atoms with van der Waals surface area (Å²) < 4.78 is 31.9. The maximum absolute atomic E-state index is 13.5. The molecule has 0 aliphatic rings. The Kier molecular flexibility index (Phi) is 9.95. The van der Waals surface area contributed by atoms with Crippen LogP contribution in [-0.4, -0.2) is 38.8 Å². The number of aliphatic imine (C=N–C) groups is 1. The lowest BCUT2D eigenvalue weighted by atomic mass is 10.1. The van der Waals surface area contributed by atoms with Gasteiger partial charge >= 0.3 is 0 Å². The van der Waals surface area contributed by atoms with Gasteiger partial charge in [-0.3, -0.25) is 4.99 Å². The molecule has 0 spiro atoms. The molecule has 0 radical (unpaired) electrons. The van der Waals surface area contributed by atoms with E-state index < -0.39 is 5.82 Å². The smallest absolute Gasteiger partial charge is 0.191 e. The molecule has 0 bridgehead atoms. The Morgan fingerprint density at radius 2 is 2.00 bits per heavy atom. The van der Waals surface area contributed by atoms with Crippen molar-refractivity contribution in [2.24, 2.45) is 4.99 Å². The van der Waals surface area contributed by atoms with E-state index in [2.05, 4.69) is 15.6 Å². The van der Waals surface area contributed by atoms with Gasteiger partial charge in [0, 0.05) is 32.8 Å². The minimum absolute atomic E-state index is 0.366. The van der Waals surface area contributed by atoms with Crippen molar-refractivity contribution in [1.29, 1.82) is 0 Å². The summed E-state index contributed by atoms with van der Waals surface area (Å²) in [6.07, 6.45) is 2.33. The number of guanidine groups is 1. The highest BCUT2D eigenvalue weighted by molar-refractivity contribution is 5.79. The monoisotopic (exact) mass is 327 g/mol. The van der Waals surface area contributed by atoms with Crippen molar-refractivity contribution >= 4 is 5.96 Å². The fraction of sp³-hybridized carbons (Fsp3) is 0.588. The zero-order valence-electron chi connectivity index (χ0n) is 14.0. The Morgan fingerprint density at radius 3 is 2.74 bits per heavy atom. The van der Waals surface area contributed by atoms with Gasteiger partial charge in [0.15, 0.2) is 5.96 Å². The first-order valence-electron chi connectivity index (χ1n) is 8.21. The number of benzene rings is 1. The number of ether oxygens (including phenoxy) is 1. The minimum atomic E-state index is -0.420. The van der Waals surface area contributed by atoms with E-state index in [0.717, 1.165) is 44.7 Å². The summed E-state index contributed by atoms with van der Waals surface area (Å²) in [7, 11) is 0. The molecule has 23 heavy (non-hydrogen) atoms. The molecule has 0 heterocycles. The third kappa shape index (κ3) is 8.50. The quantitative estimate of drug-likeness (QED) is 0.395. The summed E-state index contributed by atoms with van der Waals surface area (Å²) in [5.74, 6) is -0.108. The van der Waals surface area contributed by atoms with Crippen LogP contribution in [0.2, 0.25) is 0 Å². The molecule has 0 aromatic heterocycles. The predicted molar refractivity (Wildman–Crippen MR) is 89.8 cm³/mol. The molecule has 1 aromatic carbocycles. The summed E-state index contributed by atoms with van der Waals surface area (Å²) in [4.78, 5) is 4.45. The molecule has 4 nitrogen and oxygen atoms in total. The Hall–Kier alpha value is -1.69. The van der Waals surface area contributed by atoms with Crippen molar-refractivity contribution in [3.8, 4) is 0 Å². The molecule has 0 amide bonds. The van der Waals surface area contributed by atoms with E-state index in [9.17, 15) is 8.78 Å². The summed E-state index contributed by atoms with van der Waals surface area (Å²) in [5, 5.41) is 6.27. The second-order valence-corrected chi connectivity index (χ2v) is 5.08. The van der Waals surface area contributed by atoms with Gasteiger partial charge in [-0.05, 0) is 56.9 Å². The molecule has 0 fully saturated rings. The van der Waals surface area contributed by atoms with Crippen LogP contribution >= 0.6 is 0 Å². The Balaban J connectivity index is 2.35. The van der Waals surface area contributed by atoms with Gasteiger partial charge in [0.1, 0.15) is 11.6 Å². The lowest BCUT2D eigenvalue weighted by Crippen LogP contribution is -2.38. The van der Waals surface area contributed by atoms with Crippen LogP contribution < -0.4 is 10.6 Å². The van der Waals surface area contributed by atoms with E-state index in [1.807, 2.05) is 13.8 Å². The Morgan fingerprint density at radius 1 is 1.17 bits per heavy atom. The molecule has 130 valence electrons. The van der Waals surface area contributed by atoms with E-state index in [-0.39, 0.29) is 5.82 Å². The molecular formula is C17H27F2N3O. The number of nitrogens with one attached hydrogen (secondary N) is 2. The largest absolute Gasteiger partial charge is 0.382 e. The van der Waals surface area contributed by atoms with Gasteiger partial charge in [0.25, 0.3) is 0 Å². The van der Waals surface area contributed by atoms with E-state index >= 15 is 0 Å². The standard InChI is InChI=1S/C17H27F2N3O/c1-3-20-17(21-10-5-6-12-23-4-2)22-11-9-14-13-15(18)7-8-16(14)19/h7-8,13H,3-6,9-12H2,1-2H3,(H2,20,21,22). The van der Waals surface area contributed by atoms with Crippen molar-refractivity contribution < 1.29 is 13.5 Å². The number of halogens is 2. The van der Waals surface area contributed by atoms with E-state index in [1.165, 1.54) is 6.07 Å². The molecule has 0 atom stereocenters. The maximum atomic E-state index is 13.5. The minimum Gasteiger partial charge on any atom is -0.382 e. The molecule has 0 aliphatic carbocycles. The fourth-order valence-corrected chi connectivity index (χ4v) is 2.04. The second kappa shape index (κ2) is 11.8. The first-order valence-corrected chi connectivity index (χ1v) is 8.21. The van der Waals surface area contributed by atoms with Gasteiger partial charge in [-0.25, -0.2) is 8.78 Å². The van der Waals surface area contributed by atoms with Crippen LogP contribution in [0.4, 0.5) is 8.78 Å². The first kappa shape index (κ1) is 19.4. The van der Waals surface area contributed by atoms with Crippen molar-refractivity contribution in [2.45, 2.75) is 33.1 Å². The summed E-state index contributed by atoms with van der Waals surface area (Å²) in [5.41, 5.74) is 0.366. The van der Waals surface area contributed by atoms with E-state index in [1.54, 1.807) is 0 Å². The predicted octanol–water partition coefficient (Wildman–Crippen LogP) is 2.88.